The summed E-state index contributed by atoms with van der Waals surface area (Å²) in [6.45, 7) is 4.79. The summed E-state index contributed by atoms with van der Waals surface area (Å²) in [4.78, 5) is 0. The lowest BCUT2D eigenvalue weighted by Crippen LogP contribution is -2.51. The Bertz CT molecular complexity index is 242. The highest BCUT2D eigenvalue weighted by Gasteiger charge is 2.16. The Morgan fingerprint density at radius 3 is 2.62 bits per heavy atom. The van der Waals surface area contributed by atoms with Crippen molar-refractivity contribution in [3.8, 4) is 0 Å². The number of nitrogens with one attached hydrogen (secondary N) is 1. The van der Waals surface area contributed by atoms with E-state index in [0.717, 1.165) is 6.54 Å². The van der Waals surface area contributed by atoms with E-state index in [0.29, 0.717) is 0 Å². The van der Waals surface area contributed by atoms with E-state index in [-0.39, 0.29) is 12.0 Å². The molecule has 3 N–H and O–H groups in total. The molecule has 72 valence electrons. The van der Waals surface area contributed by atoms with Gasteiger partial charge in [-0.15, -0.1) is 0 Å². The number of hydrogen-bond acceptors (Lipinski definition) is 2. The molecule has 4 heteroatoms. The molecule has 1 aliphatic heterocycles. The number of rotatable bonds is 2. The van der Waals surface area contributed by atoms with Crippen LogP contribution in [0.3, 0.4) is 0 Å². The Kier molecular flexibility index (Phi) is 2.95. The van der Waals surface area contributed by atoms with Crippen LogP contribution in [0.15, 0.2) is 24.4 Å². The summed E-state index contributed by atoms with van der Waals surface area (Å²) in [5.74, 6) is 0.0787. The minimum absolute atomic E-state index is 0.0787. The van der Waals surface area contributed by atoms with E-state index >= 15 is 0 Å². The fourth-order valence-corrected chi connectivity index (χ4v) is 1.33. The number of allylic oxidation sites excluding steroid dienone is 2. The number of guanidine groups is 1. The second-order valence-corrected chi connectivity index (χ2v) is 3.22. The van der Waals surface area contributed by atoms with Crippen molar-refractivity contribution in [2.24, 2.45) is 5.73 Å². The Morgan fingerprint density at radius 1 is 1.54 bits per heavy atom. The van der Waals surface area contributed by atoms with Crippen LogP contribution in [-0.2, 0) is 0 Å². The molecule has 4 nitrogen and oxygen atoms in total. The van der Waals surface area contributed by atoms with E-state index < -0.39 is 0 Å². The standard InChI is InChI=1S/C9H16N4/c1-8(2)13(9(10)11)12-6-4-3-5-7-12/h3-6,8H,7H2,1-2H3,(H3,10,11). The summed E-state index contributed by atoms with van der Waals surface area (Å²) in [5.41, 5.74) is 5.48. The molecule has 0 aliphatic carbocycles. The first-order chi connectivity index (χ1) is 6.13. The van der Waals surface area contributed by atoms with Crippen LogP contribution in [0.4, 0.5) is 0 Å². The van der Waals surface area contributed by atoms with Crippen LogP contribution in [0.25, 0.3) is 0 Å². The van der Waals surface area contributed by atoms with Gasteiger partial charge in [-0.25, -0.2) is 0 Å². The smallest absolute Gasteiger partial charge is 0.207 e. The number of hydrogen-bond donors (Lipinski definition) is 2. The largest absolute Gasteiger partial charge is 0.369 e. The van der Waals surface area contributed by atoms with Crippen molar-refractivity contribution in [1.82, 2.24) is 10.0 Å². The predicted molar refractivity (Wildman–Crippen MR) is 53.9 cm³/mol. The predicted octanol–water partition coefficient (Wildman–Crippen LogP) is 0.891. The fraction of sp³-hybridized carbons (Fsp3) is 0.444. The first kappa shape index (κ1) is 9.64. The van der Waals surface area contributed by atoms with Crippen LogP contribution in [0.1, 0.15) is 13.8 Å². The quantitative estimate of drug-likeness (QED) is 0.490. The van der Waals surface area contributed by atoms with Crippen molar-refractivity contribution < 1.29 is 0 Å². The SMILES string of the molecule is CC(C)N(C(=N)N)N1C=CC=CC1. The molecule has 0 spiro atoms. The third-order valence-corrected chi connectivity index (χ3v) is 1.81. The van der Waals surface area contributed by atoms with E-state index in [1.807, 2.05) is 43.3 Å². The molecule has 0 fully saturated rings. The van der Waals surface area contributed by atoms with Crippen LogP contribution >= 0.6 is 0 Å². The molecule has 1 rings (SSSR count). The zero-order chi connectivity index (χ0) is 9.84. The lowest BCUT2D eigenvalue weighted by atomic mass is 10.3. The lowest BCUT2D eigenvalue weighted by Gasteiger charge is -2.37. The van der Waals surface area contributed by atoms with E-state index in [1.165, 1.54) is 0 Å². The van der Waals surface area contributed by atoms with Gasteiger partial charge in [0.15, 0.2) is 0 Å². The topological polar surface area (TPSA) is 56.4 Å². The molecule has 0 atom stereocenters. The highest BCUT2D eigenvalue weighted by Crippen LogP contribution is 2.07. The van der Waals surface area contributed by atoms with E-state index in [4.69, 9.17) is 11.1 Å². The number of hydrazine groups is 1. The maximum Gasteiger partial charge on any atom is 0.207 e. The highest BCUT2D eigenvalue weighted by molar-refractivity contribution is 5.74. The van der Waals surface area contributed by atoms with Crippen LogP contribution in [-0.4, -0.2) is 28.6 Å². The minimum atomic E-state index is 0.0787. The maximum atomic E-state index is 7.42. The van der Waals surface area contributed by atoms with Gasteiger partial charge in [-0.2, -0.15) is 0 Å². The Balaban J connectivity index is 2.70. The van der Waals surface area contributed by atoms with E-state index in [9.17, 15) is 0 Å². The highest BCUT2D eigenvalue weighted by atomic mass is 15.7. The molecule has 1 aliphatic rings. The molecule has 0 aromatic heterocycles. The molecule has 0 unspecified atom stereocenters. The second kappa shape index (κ2) is 3.98. The van der Waals surface area contributed by atoms with Gasteiger partial charge in [0.05, 0.1) is 6.54 Å². The van der Waals surface area contributed by atoms with E-state index in [2.05, 4.69) is 0 Å². The normalized spacial score (nSPS) is 15.2. The first-order valence-electron chi connectivity index (χ1n) is 4.36. The summed E-state index contributed by atoms with van der Waals surface area (Å²) >= 11 is 0. The van der Waals surface area contributed by atoms with Gasteiger partial charge in [0.2, 0.25) is 5.96 Å². The van der Waals surface area contributed by atoms with Crippen LogP contribution < -0.4 is 5.73 Å². The average molecular weight is 180 g/mol. The van der Waals surface area contributed by atoms with Gasteiger partial charge in [-0.3, -0.25) is 15.4 Å². The molecule has 0 aromatic carbocycles. The number of nitrogens with two attached hydrogens (primary N) is 1. The summed E-state index contributed by atoms with van der Waals surface area (Å²) in [6, 6.07) is 0.202. The van der Waals surface area contributed by atoms with Crippen LogP contribution in [0, 0.1) is 5.41 Å². The van der Waals surface area contributed by atoms with E-state index in [1.54, 1.807) is 5.01 Å². The maximum absolute atomic E-state index is 7.42. The molecule has 1 heterocycles. The van der Waals surface area contributed by atoms with Crippen LogP contribution in [0.2, 0.25) is 0 Å². The second-order valence-electron chi connectivity index (χ2n) is 3.22. The molecule has 0 radical (unpaired) electrons. The summed E-state index contributed by atoms with van der Waals surface area (Å²) in [7, 11) is 0. The molecular formula is C9H16N4. The van der Waals surface area contributed by atoms with Gasteiger partial charge < -0.3 is 5.73 Å². The lowest BCUT2D eigenvalue weighted by molar-refractivity contribution is 0.0805. The van der Waals surface area contributed by atoms with Crippen molar-refractivity contribution in [2.45, 2.75) is 19.9 Å². The first-order valence-corrected chi connectivity index (χ1v) is 4.36. The molecule has 13 heavy (non-hydrogen) atoms. The fourth-order valence-electron chi connectivity index (χ4n) is 1.33. The zero-order valence-electron chi connectivity index (χ0n) is 8.07. The van der Waals surface area contributed by atoms with Crippen molar-refractivity contribution in [3.63, 3.8) is 0 Å². The van der Waals surface area contributed by atoms with Gasteiger partial charge in [0.1, 0.15) is 0 Å². The van der Waals surface area contributed by atoms with Gasteiger partial charge in [0, 0.05) is 12.2 Å². The molecule has 0 saturated heterocycles. The van der Waals surface area contributed by atoms with Gasteiger partial charge in [0.25, 0.3) is 0 Å². The number of nitrogens with zero attached hydrogens (tertiary/aromatic N) is 2. The third-order valence-electron chi connectivity index (χ3n) is 1.81. The Labute approximate surface area is 78.8 Å². The molecule has 0 amide bonds. The molecule has 0 aromatic rings. The average Bonchev–Trinajstić information content (AvgIpc) is 2.04. The molecule has 0 bridgehead atoms. The molecule has 0 saturated carbocycles. The van der Waals surface area contributed by atoms with Gasteiger partial charge >= 0.3 is 0 Å². The third kappa shape index (κ3) is 2.24. The van der Waals surface area contributed by atoms with Crippen molar-refractivity contribution in [3.05, 3.63) is 24.4 Å². The van der Waals surface area contributed by atoms with Crippen molar-refractivity contribution >= 4 is 5.96 Å². The van der Waals surface area contributed by atoms with Crippen molar-refractivity contribution in [2.75, 3.05) is 6.54 Å². The monoisotopic (exact) mass is 180 g/mol. The summed E-state index contributed by atoms with van der Waals surface area (Å²) in [5, 5.41) is 11.1. The zero-order valence-corrected chi connectivity index (χ0v) is 8.07. The summed E-state index contributed by atoms with van der Waals surface area (Å²) < 4.78 is 0. The summed E-state index contributed by atoms with van der Waals surface area (Å²) in [6.07, 6.45) is 7.86. The van der Waals surface area contributed by atoms with Crippen molar-refractivity contribution in [1.29, 1.82) is 5.41 Å². The Hall–Kier alpha value is -1.45. The molecular weight excluding hydrogens is 164 g/mol. The minimum Gasteiger partial charge on any atom is -0.369 e. The van der Waals surface area contributed by atoms with Gasteiger partial charge in [-0.1, -0.05) is 12.2 Å². The van der Waals surface area contributed by atoms with Gasteiger partial charge in [-0.05, 0) is 19.9 Å². The Morgan fingerprint density at radius 2 is 2.23 bits per heavy atom. The van der Waals surface area contributed by atoms with Crippen LogP contribution in [0.5, 0.6) is 0 Å².